The molecule has 1 aliphatic carbocycles. The molecule has 3 nitrogen and oxygen atoms in total. The zero-order valence-electron chi connectivity index (χ0n) is 14.2. The molecule has 8 atom stereocenters. The number of hydrogen-bond acceptors (Lipinski definition) is 3. The molecule has 1 saturated carbocycles. The molecule has 5 unspecified atom stereocenters. The number of rotatable bonds is 3. The minimum atomic E-state index is -0.0756. The summed E-state index contributed by atoms with van der Waals surface area (Å²) in [4.78, 5) is 2.65. The minimum Gasteiger partial charge on any atom is -0.391 e. The summed E-state index contributed by atoms with van der Waals surface area (Å²) >= 11 is 0. The van der Waals surface area contributed by atoms with E-state index in [1.807, 2.05) is 0 Å². The Morgan fingerprint density at radius 3 is 2.82 bits per heavy atom. The van der Waals surface area contributed by atoms with Crippen molar-refractivity contribution in [2.24, 2.45) is 23.7 Å². The first-order valence-electron chi connectivity index (χ1n) is 9.93. The van der Waals surface area contributed by atoms with Crippen LogP contribution in [0, 0.1) is 23.7 Å². The third kappa shape index (κ3) is 2.63. The smallest absolute Gasteiger partial charge is 0.0727 e. The summed E-state index contributed by atoms with van der Waals surface area (Å²) in [6.45, 7) is 5.96. The quantitative estimate of drug-likeness (QED) is 0.841. The number of nitrogens with one attached hydrogen (secondary N) is 1. The Labute approximate surface area is 135 Å². The van der Waals surface area contributed by atoms with E-state index in [9.17, 15) is 5.11 Å². The Hall–Kier alpha value is -0.120. The van der Waals surface area contributed by atoms with Crippen molar-refractivity contribution in [1.29, 1.82) is 0 Å². The molecule has 5 fully saturated rings. The van der Waals surface area contributed by atoms with Gasteiger partial charge in [0, 0.05) is 18.6 Å². The highest BCUT2D eigenvalue weighted by atomic mass is 16.3. The van der Waals surface area contributed by atoms with Gasteiger partial charge < -0.3 is 10.4 Å². The summed E-state index contributed by atoms with van der Waals surface area (Å²) < 4.78 is 0. The highest BCUT2D eigenvalue weighted by Crippen LogP contribution is 2.43. The molecule has 2 N–H and O–H groups in total. The summed E-state index contributed by atoms with van der Waals surface area (Å²) in [7, 11) is 0. The van der Waals surface area contributed by atoms with E-state index in [0.29, 0.717) is 18.0 Å². The van der Waals surface area contributed by atoms with Crippen LogP contribution in [0.15, 0.2) is 0 Å². The topological polar surface area (TPSA) is 35.5 Å². The first-order valence-corrected chi connectivity index (χ1v) is 9.93. The van der Waals surface area contributed by atoms with E-state index in [-0.39, 0.29) is 6.10 Å². The van der Waals surface area contributed by atoms with Crippen LogP contribution in [0.4, 0.5) is 0 Å². The first-order chi connectivity index (χ1) is 10.8. The van der Waals surface area contributed by atoms with Crippen molar-refractivity contribution in [1.82, 2.24) is 10.2 Å². The molecule has 0 aromatic rings. The van der Waals surface area contributed by atoms with Gasteiger partial charge in [-0.15, -0.1) is 0 Å². The maximum absolute atomic E-state index is 11.2. The third-order valence-electron chi connectivity index (χ3n) is 7.55. The lowest BCUT2D eigenvalue weighted by molar-refractivity contribution is -0.0924. The maximum atomic E-state index is 11.2. The number of nitrogens with zero attached hydrogens (tertiary/aromatic N) is 1. The molecule has 0 amide bonds. The normalized spacial score (nSPS) is 49.6. The van der Waals surface area contributed by atoms with Gasteiger partial charge in [0.05, 0.1) is 6.10 Å². The molecule has 0 aromatic carbocycles. The minimum absolute atomic E-state index is 0.0756. The van der Waals surface area contributed by atoms with Gasteiger partial charge in [0.2, 0.25) is 0 Å². The monoisotopic (exact) mass is 306 g/mol. The van der Waals surface area contributed by atoms with Crippen molar-refractivity contribution >= 4 is 0 Å². The second-order valence-electron chi connectivity index (χ2n) is 8.47. The number of piperidine rings is 4. The van der Waals surface area contributed by atoms with Gasteiger partial charge in [0.15, 0.2) is 0 Å². The molecule has 22 heavy (non-hydrogen) atoms. The molecule has 3 heteroatoms. The molecule has 2 bridgehead atoms. The van der Waals surface area contributed by atoms with Gasteiger partial charge in [0.1, 0.15) is 0 Å². The zero-order valence-corrected chi connectivity index (χ0v) is 14.2. The average Bonchev–Trinajstić information content (AvgIpc) is 2.60. The average molecular weight is 306 g/mol. The van der Waals surface area contributed by atoms with E-state index >= 15 is 0 Å². The predicted molar refractivity (Wildman–Crippen MR) is 89.7 cm³/mol. The van der Waals surface area contributed by atoms with Crippen LogP contribution in [0.1, 0.15) is 58.3 Å². The van der Waals surface area contributed by atoms with E-state index in [4.69, 9.17) is 0 Å². The fourth-order valence-corrected chi connectivity index (χ4v) is 6.28. The second kappa shape index (κ2) is 6.41. The summed E-state index contributed by atoms with van der Waals surface area (Å²) in [5.74, 6) is 3.07. The number of aliphatic hydroxyl groups excluding tert-OH is 1. The van der Waals surface area contributed by atoms with Crippen molar-refractivity contribution < 1.29 is 5.11 Å². The van der Waals surface area contributed by atoms with Gasteiger partial charge in [-0.1, -0.05) is 26.2 Å². The van der Waals surface area contributed by atoms with E-state index < -0.39 is 0 Å². The Bertz CT molecular complexity index is 386. The zero-order chi connectivity index (χ0) is 15.1. The fourth-order valence-electron chi connectivity index (χ4n) is 6.28. The number of aliphatic hydroxyl groups is 1. The second-order valence-corrected chi connectivity index (χ2v) is 8.47. The summed E-state index contributed by atoms with van der Waals surface area (Å²) in [5, 5.41) is 15.0. The Morgan fingerprint density at radius 2 is 2.05 bits per heavy atom. The fraction of sp³-hybridized carbons (Fsp3) is 1.00. The molecule has 4 saturated heterocycles. The van der Waals surface area contributed by atoms with Crippen LogP contribution >= 0.6 is 0 Å². The lowest BCUT2D eigenvalue weighted by atomic mass is 9.66. The van der Waals surface area contributed by atoms with Gasteiger partial charge in [-0.05, 0) is 68.9 Å². The molecular formula is C19H34N2O. The maximum Gasteiger partial charge on any atom is 0.0727 e. The summed E-state index contributed by atoms with van der Waals surface area (Å²) in [5.41, 5.74) is 0. The van der Waals surface area contributed by atoms with Gasteiger partial charge in [0.25, 0.3) is 0 Å². The van der Waals surface area contributed by atoms with Crippen LogP contribution < -0.4 is 5.32 Å². The Morgan fingerprint density at radius 1 is 1.18 bits per heavy atom. The van der Waals surface area contributed by atoms with E-state index in [1.165, 1.54) is 64.5 Å². The summed E-state index contributed by atoms with van der Waals surface area (Å²) in [6.07, 6.45) is 10.5. The van der Waals surface area contributed by atoms with Crippen molar-refractivity contribution in [3.63, 3.8) is 0 Å². The molecule has 126 valence electrons. The molecule has 5 rings (SSSR count). The van der Waals surface area contributed by atoms with Crippen molar-refractivity contribution in [3.8, 4) is 0 Å². The van der Waals surface area contributed by atoms with Gasteiger partial charge in [-0.3, -0.25) is 4.90 Å². The van der Waals surface area contributed by atoms with E-state index in [2.05, 4.69) is 17.1 Å². The number of hydrogen-bond donors (Lipinski definition) is 2. The van der Waals surface area contributed by atoms with E-state index in [0.717, 1.165) is 24.3 Å². The van der Waals surface area contributed by atoms with Crippen LogP contribution in [0.3, 0.4) is 0 Å². The highest BCUT2D eigenvalue weighted by Gasteiger charge is 2.47. The van der Waals surface area contributed by atoms with Gasteiger partial charge >= 0.3 is 0 Å². The van der Waals surface area contributed by atoms with Crippen LogP contribution in [0.5, 0.6) is 0 Å². The Kier molecular flexibility index (Phi) is 4.49. The summed E-state index contributed by atoms with van der Waals surface area (Å²) in [6, 6.07) is 1.16. The van der Waals surface area contributed by atoms with Crippen LogP contribution in [0.2, 0.25) is 0 Å². The van der Waals surface area contributed by atoms with Crippen LogP contribution in [-0.4, -0.2) is 47.8 Å². The van der Waals surface area contributed by atoms with Gasteiger partial charge in [-0.2, -0.15) is 0 Å². The molecule has 0 radical (unpaired) electrons. The van der Waals surface area contributed by atoms with Crippen LogP contribution in [-0.2, 0) is 0 Å². The predicted octanol–water partition coefficient (Wildman–Crippen LogP) is 2.64. The van der Waals surface area contributed by atoms with Crippen molar-refractivity contribution in [3.05, 3.63) is 0 Å². The molecular weight excluding hydrogens is 272 g/mol. The molecule has 4 aliphatic heterocycles. The standard InChI is InChI=1S/C19H34N2O/c1-2-13-12-21-10-8-14(13)11-18(21)19(22)16-7-9-20-17-6-4-3-5-15(16)17/h13-20,22H,2-12H2,1H3/t13?,14-,15?,16?,17?,18-,19+/m0/s1. The first kappa shape index (κ1) is 15.4. The molecule has 5 aliphatic rings. The van der Waals surface area contributed by atoms with Crippen molar-refractivity contribution in [2.75, 3.05) is 19.6 Å². The molecule has 0 spiro atoms. The van der Waals surface area contributed by atoms with E-state index in [1.54, 1.807) is 0 Å². The SMILES string of the molecule is CCC1CN2CC[C@H]1C[C@H]2[C@H](O)C1CCNC2CCCCC21. The lowest BCUT2D eigenvalue weighted by Gasteiger charge is -2.54. The van der Waals surface area contributed by atoms with Crippen molar-refractivity contribution in [2.45, 2.75) is 76.5 Å². The lowest BCUT2D eigenvalue weighted by Crippen LogP contribution is -2.61. The largest absolute Gasteiger partial charge is 0.391 e. The third-order valence-corrected chi connectivity index (χ3v) is 7.55. The number of fused-ring (bicyclic) bond motifs is 4. The van der Waals surface area contributed by atoms with Gasteiger partial charge in [-0.25, -0.2) is 0 Å². The molecule has 4 heterocycles. The highest BCUT2D eigenvalue weighted by molar-refractivity contribution is 5.00. The molecule has 0 aromatic heterocycles. The van der Waals surface area contributed by atoms with Crippen LogP contribution in [0.25, 0.3) is 0 Å². The Balaban J connectivity index is 1.46.